The number of hydrogen-bond acceptors (Lipinski definition) is 10. The van der Waals surface area contributed by atoms with Gasteiger partial charge >= 0.3 is 5.97 Å². The van der Waals surface area contributed by atoms with E-state index in [1.54, 1.807) is 24.3 Å². The van der Waals surface area contributed by atoms with E-state index in [0.717, 1.165) is 62.9 Å². The SMILES string of the molecule is CCNC1CC2C=CCCC2CC1COC(=O)C12OC1(CC(CO)=C(C)CCc1ccnc3c1CCC(NC)N3)C(=O)c1ccccc1C2=O. The van der Waals surface area contributed by atoms with Crippen molar-refractivity contribution >= 4 is 23.4 Å². The number of Topliss-reactive ketones (excluding diaryl/α,β-unsaturated/α-hetero) is 2. The molecular formula is C40H50N4O6. The molecule has 7 unspecified atom stereocenters. The van der Waals surface area contributed by atoms with Gasteiger partial charge in [0.25, 0.3) is 5.60 Å². The quantitative estimate of drug-likeness (QED) is 0.108. The number of aliphatic hydroxyl groups excluding tert-OH is 1. The second-order valence-corrected chi connectivity index (χ2v) is 14.8. The molecule has 2 fully saturated rings. The monoisotopic (exact) mass is 682 g/mol. The van der Waals surface area contributed by atoms with Crippen molar-refractivity contribution in [2.75, 3.05) is 32.1 Å². The summed E-state index contributed by atoms with van der Waals surface area (Å²) in [4.78, 5) is 47.2. The second kappa shape index (κ2) is 14.1. The van der Waals surface area contributed by atoms with Crippen molar-refractivity contribution in [3.63, 3.8) is 0 Å². The zero-order valence-corrected chi connectivity index (χ0v) is 29.4. The van der Waals surface area contributed by atoms with Gasteiger partial charge in [-0.05, 0) is 106 Å². The molecule has 0 amide bonds. The highest BCUT2D eigenvalue weighted by Gasteiger charge is 2.85. The van der Waals surface area contributed by atoms with Crippen LogP contribution in [0.5, 0.6) is 0 Å². The zero-order chi connectivity index (χ0) is 35.0. The number of rotatable bonds is 12. The number of aryl methyl sites for hydroxylation is 1. The van der Waals surface area contributed by atoms with Crippen molar-refractivity contribution in [2.45, 2.75) is 95.0 Å². The fourth-order valence-corrected chi connectivity index (χ4v) is 9.09. The molecule has 0 bridgehead atoms. The molecule has 50 heavy (non-hydrogen) atoms. The van der Waals surface area contributed by atoms with Crippen LogP contribution < -0.4 is 16.0 Å². The minimum absolute atomic E-state index is 0.0667. The van der Waals surface area contributed by atoms with Crippen LogP contribution in [-0.4, -0.2) is 77.8 Å². The summed E-state index contributed by atoms with van der Waals surface area (Å²) >= 11 is 0. The maximum atomic E-state index is 14.3. The summed E-state index contributed by atoms with van der Waals surface area (Å²) in [5.74, 6) is 0.256. The average Bonchev–Trinajstić information content (AvgIpc) is 3.85. The van der Waals surface area contributed by atoms with E-state index in [9.17, 15) is 19.5 Å². The van der Waals surface area contributed by atoms with Crippen molar-refractivity contribution in [2.24, 2.45) is 17.8 Å². The Morgan fingerprint density at radius 2 is 1.94 bits per heavy atom. The summed E-state index contributed by atoms with van der Waals surface area (Å²) in [5, 5.41) is 21.0. The molecule has 0 spiro atoms. The minimum atomic E-state index is -2.07. The molecule has 7 atom stereocenters. The van der Waals surface area contributed by atoms with E-state index < -0.39 is 28.7 Å². The summed E-state index contributed by atoms with van der Waals surface area (Å²) in [7, 11) is 1.93. The molecule has 2 aliphatic heterocycles. The number of allylic oxidation sites excluding steroid dienone is 3. The van der Waals surface area contributed by atoms with Gasteiger partial charge in [0.2, 0.25) is 5.78 Å². The predicted molar refractivity (Wildman–Crippen MR) is 190 cm³/mol. The Kier molecular flexibility index (Phi) is 9.82. The lowest BCUT2D eigenvalue weighted by Gasteiger charge is -2.42. The van der Waals surface area contributed by atoms with E-state index >= 15 is 0 Å². The first-order valence-electron chi connectivity index (χ1n) is 18.4. The number of aliphatic hydroxyl groups is 1. The molecule has 10 heteroatoms. The molecule has 1 aromatic carbocycles. The smallest absolute Gasteiger partial charge is 0.350 e. The van der Waals surface area contributed by atoms with Crippen molar-refractivity contribution in [3.8, 4) is 0 Å². The average molecular weight is 683 g/mol. The zero-order valence-electron chi connectivity index (χ0n) is 29.4. The fraction of sp³-hybridized carbons (Fsp3) is 0.550. The van der Waals surface area contributed by atoms with E-state index in [2.05, 4.69) is 40.0 Å². The highest BCUT2D eigenvalue weighted by atomic mass is 16.7. The molecule has 10 nitrogen and oxygen atoms in total. The summed E-state index contributed by atoms with van der Waals surface area (Å²) in [5.41, 5.74) is 0.434. The number of anilines is 1. The van der Waals surface area contributed by atoms with E-state index in [1.807, 2.05) is 26.2 Å². The van der Waals surface area contributed by atoms with Gasteiger partial charge < -0.3 is 30.5 Å². The van der Waals surface area contributed by atoms with Gasteiger partial charge in [-0.15, -0.1) is 0 Å². The minimum Gasteiger partial charge on any atom is -0.463 e. The first kappa shape index (κ1) is 34.7. The maximum absolute atomic E-state index is 14.3. The number of fused-ring (bicyclic) bond motifs is 4. The van der Waals surface area contributed by atoms with Gasteiger partial charge in [-0.25, -0.2) is 9.78 Å². The topological polar surface area (TPSA) is 142 Å². The van der Waals surface area contributed by atoms with Crippen LogP contribution in [0.3, 0.4) is 0 Å². The van der Waals surface area contributed by atoms with Gasteiger partial charge in [-0.3, -0.25) is 9.59 Å². The number of esters is 1. The number of nitrogens with one attached hydrogen (secondary N) is 3. The summed E-state index contributed by atoms with van der Waals surface area (Å²) in [6, 6.07) is 8.80. The Morgan fingerprint density at radius 1 is 1.14 bits per heavy atom. The van der Waals surface area contributed by atoms with Gasteiger partial charge in [-0.1, -0.05) is 48.9 Å². The molecule has 7 rings (SSSR count). The van der Waals surface area contributed by atoms with Crippen LogP contribution in [0.25, 0.3) is 0 Å². The number of benzene rings is 1. The van der Waals surface area contributed by atoms with Crippen molar-refractivity contribution in [1.82, 2.24) is 15.6 Å². The molecule has 1 saturated heterocycles. The van der Waals surface area contributed by atoms with Crippen LogP contribution in [0, 0.1) is 17.8 Å². The Hall–Kier alpha value is -3.70. The first-order chi connectivity index (χ1) is 24.3. The lowest BCUT2D eigenvalue weighted by atomic mass is 9.68. The molecule has 1 aromatic heterocycles. The summed E-state index contributed by atoms with van der Waals surface area (Å²) in [6.07, 6.45) is 13.8. The highest BCUT2D eigenvalue weighted by molar-refractivity contribution is 6.32. The number of ketones is 2. The van der Waals surface area contributed by atoms with Gasteiger partial charge in [0.1, 0.15) is 5.82 Å². The first-order valence-corrected chi connectivity index (χ1v) is 18.4. The van der Waals surface area contributed by atoms with Crippen LogP contribution in [0.1, 0.15) is 90.6 Å². The molecule has 4 N–H and O–H groups in total. The third kappa shape index (κ3) is 5.93. The number of epoxide rings is 1. The molecule has 2 aromatic rings. The number of carbonyl (C=O) groups excluding carboxylic acids is 3. The summed E-state index contributed by atoms with van der Waals surface area (Å²) in [6.45, 7) is 4.65. The normalized spacial score (nSPS) is 31.4. The number of carbonyl (C=O) groups is 3. The van der Waals surface area contributed by atoms with Gasteiger partial charge in [0.15, 0.2) is 11.4 Å². The Morgan fingerprint density at radius 3 is 2.70 bits per heavy atom. The molecule has 266 valence electrons. The summed E-state index contributed by atoms with van der Waals surface area (Å²) < 4.78 is 12.2. The van der Waals surface area contributed by atoms with Crippen molar-refractivity contribution in [3.05, 3.63) is 82.1 Å². The lowest BCUT2D eigenvalue weighted by Crippen LogP contribution is -2.52. The number of aromatic nitrogens is 1. The number of nitrogens with zero attached hydrogens (tertiary/aromatic N) is 1. The predicted octanol–water partition coefficient (Wildman–Crippen LogP) is 4.72. The maximum Gasteiger partial charge on any atom is 0.350 e. The van der Waals surface area contributed by atoms with E-state index in [-0.39, 0.29) is 48.9 Å². The molecule has 5 aliphatic rings. The Balaban J connectivity index is 1.12. The van der Waals surface area contributed by atoms with Crippen LogP contribution in [0.15, 0.2) is 59.8 Å². The second-order valence-electron chi connectivity index (χ2n) is 14.8. The van der Waals surface area contributed by atoms with Gasteiger partial charge in [-0.2, -0.15) is 0 Å². The van der Waals surface area contributed by atoms with Crippen LogP contribution >= 0.6 is 0 Å². The van der Waals surface area contributed by atoms with E-state index in [0.29, 0.717) is 23.8 Å². The van der Waals surface area contributed by atoms with Crippen LogP contribution in [0.2, 0.25) is 0 Å². The Bertz CT molecular complexity index is 1720. The molecule has 1 saturated carbocycles. The van der Waals surface area contributed by atoms with Crippen LogP contribution in [0.4, 0.5) is 5.82 Å². The molecule has 3 heterocycles. The largest absolute Gasteiger partial charge is 0.463 e. The third-order valence-electron chi connectivity index (χ3n) is 12.1. The van der Waals surface area contributed by atoms with Crippen molar-refractivity contribution < 1.29 is 29.0 Å². The lowest BCUT2D eigenvalue weighted by molar-refractivity contribution is -0.150. The van der Waals surface area contributed by atoms with E-state index in [4.69, 9.17) is 9.47 Å². The fourth-order valence-electron chi connectivity index (χ4n) is 9.09. The van der Waals surface area contributed by atoms with Crippen LogP contribution in [-0.2, 0) is 27.1 Å². The Labute approximate surface area is 294 Å². The standard InChI is InChI=1S/C40H50N4O6/c1-4-42-33-20-27-10-6-5-9-26(27)19-28(33)23-49-38(48)40-36(47)32-12-8-7-11-31(32)35(46)39(40,50-40)21-29(22-45)24(2)13-14-25-17-18-43-37-30(25)15-16-34(41-3)44-37/h6-8,10-12,17-18,26-28,33-34,41-42,45H,4-5,9,13-16,19-23H2,1-3H3,(H,43,44). The van der Waals surface area contributed by atoms with E-state index in [1.165, 1.54) is 11.1 Å². The highest BCUT2D eigenvalue weighted by Crippen LogP contribution is 2.59. The molecular weight excluding hydrogens is 632 g/mol. The van der Waals surface area contributed by atoms with Gasteiger partial charge in [0, 0.05) is 35.7 Å². The third-order valence-corrected chi connectivity index (χ3v) is 12.1. The molecule has 3 aliphatic carbocycles. The number of ether oxygens (including phenoxy) is 2. The molecule has 0 radical (unpaired) electrons. The van der Waals surface area contributed by atoms with Crippen molar-refractivity contribution in [1.29, 1.82) is 0 Å². The number of pyridine rings is 1. The van der Waals surface area contributed by atoms with Gasteiger partial charge in [0.05, 0.1) is 19.4 Å². The number of hydrogen-bond donors (Lipinski definition) is 4.